The molecule has 0 fully saturated rings. The van der Waals surface area contributed by atoms with E-state index in [4.69, 9.17) is 0 Å². The monoisotopic (exact) mass is 493 g/mol. The number of aliphatic imine (C=N–C) groups is 1. The van der Waals surface area contributed by atoms with Crippen molar-refractivity contribution in [2.45, 2.75) is 26.1 Å². The smallest absolute Gasteiger partial charge is 0.406 e. The molecule has 11 heteroatoms. The van der Waals surface area contributed by atoms with E-state index in [1.165, 1.54) is 24.3 Å². The highest BCUT2D eigenvalue weighted by Crippen LogP contribution is 2.28. The number of ketones is 1. The van der Waals surface area contributed by atoms with Gasteiger partial charge >= 0.3 is 6.36 Å². The number of carbonyl (C=O) groups excluding carboxylic acids is 2. The summed E-state index contributed by atoms with van der Waals surface area (Å²) in [5.41, 5.74) is 2.58. The third kappa shape index (κ3) is 4.81. The van der Waals surface area contributed by atoms with Crippen molar-refractivity contribution in [3.05, 3.63) is 71.7 Å². The van der Waals surface area contributed by atoms with E-state index < -0.39 is 12.3 Å². The lowest BCUT2D eigenvalue weighted by Gasteiger charge is -2.11. The topological polar surface area (TPSA) is 109 Å². The van der Waals surface area contributed by atoms with Crippen LogP contribution in [-0.4, -0.2) is 38.7 Å². The van der Waals surface area contributed by atoms with E-state index in [0.29, 0.717) is 39.5 Å². The van der Waals surface area contributed by atoms with Crippen LogP contribution in [0.4, 0.5) is 19.1 Å². The molecule has 2 aromatic carbocycles. The number of pyridine rings is 1. The van der Waals surface area contributed by atoms with Crippen molar-refractivity contribution in [1.29, 1.82) is 0 Å². The Morgan fingerprint density at radius 3 is 2.72 bits per heavy atom. The number of hydrogen-bond acceptors (Lipinski definition) is 6. The molecule has 0 aliphatic carbocycles. The number of amides is 1. The lowest BCUT2D eigenvalue weighted by molar-refractivity contribution is -0.274. The number of H-pyrrole nitrogens is 1. The van der Waals surface area contributed by atoms with Gasteiger partial charge in [0.25, 0.3) is 5.91 Å². The molecule has 0 unspecified atom stereocenters. The summed E-state index contributed by atoms with van der Waals surface area (Å²) in [7, 11) is 0. The number of rotatable bonds is 6. The molecule has 0 spiro atoms. The van der Waals surface area contributed by atoms with Crippen molar-refractivity contribution in [1.82, 2.24) is 15.0 Å². The van der Waals surface area contributed by atoms with Gasteiger partial charge in [-0.15, -0.1) is 13.2 Å². The van der Waals surface area contributed by atoms with Crippen molar-refractivity contribution >= 4 is 45.2 Å². The molecule has 0 saturated heterocycles. The number of anilines is 1. The summed E-state index contributed by atoms with van der Waals surface area (Å²) in [5, 5.41) is 3.57. The average molecular weight is 493 g/mol. The van der Waals surface area contributed by atoms with Crippen LogP contribution in [0.25, 0.3) is 21.8 Å². The number of fused-ring (bicyclic) bond motifs is 2. The Morgan fingerprint density at radius 1 is 1.14 bits per heavy atom. The zero-order chi connectivity index (χ0) is 25.4. The zero-order valence-corrected chi connectivity index (χ0v) is 18.8. The van der Waals surface area contributed by atoms with Gasteiger partial charge in [0, 0.05) is 41.4 Å². The second kappa shape index (κ2) is 8.91. The van der Waals surface area contributed by atoms with E-state index in [9.17, 15) is 22.8 Å². The fraction of sp³-hybridized carbons (Fsp3) is 0.160. The van der Waals surface area contributed by atoms with Gasteiger partial charge < -0.3 is 9.72 Å². The number of nitrogens with one attached hydrogen (secondary N) is 2. The van der Waals surface area contributed by atoms with Gasteiger partial charge in [0.05, 0.1) is 5.52 Å². The van der Waals surface area contributed by atoms with Gasteiger partial charge in [-0.05, 0) is 42.6 Å². The zero-order valence-electron chi connectivity index (χ0n) is 18.8. The number of halogens is 3. The third-order valence-corrected chi connectivity index (χ3v) is 5.59. The Kier molecular flexibility index (Phi) is 5.75. The summed E-state index contributed by atoms with van der Waals surface area (Å²) in [6, 6.07) is 10.4. The number of hydrogen-bond donors (Lipinski definition) is 2. The molecule has 36 heavy (non-hydrogen) atoms. The predicted octanol–water partition coefficient (Wildman–Crippen LogP) is 5.50. The lowest BCUT2D eigenvalue weighted by Crippen LogP contribution is -2.17. The first-order valence-corrected chi connectivity index (χ1v) is 10.9. The van der Waals surface area contributed by atoms with Crippen LogP contribution >= 0.6 is 0 Å². The fourth-order valence-electron chi connectivity index (χ4n) is 3.99. The number of aromatic nitrogens is 3. The summed E-state index contributed by atoms with van der Waals surface area (Å²) in [5.74, 6) is -0.952. The first kappa shape index (κ1) is 23.2. The normalized spacial score (nSPS) is 13.3. The van der Waals surface area contributed by atoms with E-state index in [0.717, 1.165) is 5.71 Å². The minimum absolute atomic E-state index is 0.0491. The van der Waals surface area contributed by atoms with Gasteiger partial charge in [-0.25, -0.2) is 9.97 Å². The Bertz CT molecular complexity index is 1590. The van der Waals surface area contributed by atoms with Gasteiger partial charge in [0.2, 0.25) is 5.95 Å². The molecule has 4 aromatic rings. The highest BCUT2D eigenvalue weighted by Gasteiger charge is 2.31. The molecule has 0 atom stereocenters. The largest absolute Gasteiger partial charge is 0.573 e. The molecule has 0 bridgehead atoms. The first-order chi connectivity index (χ1) is 17.2. The number of allylic oxidation sites excluding steroid dienone is 1. The van der Waals surface area contributed by atoms with Crippen LogP contribution in [0.3, 0.4) is 0 Å². The average Bonchev–Trinajstić information content (AvgIpc) is 3.47. The van der Waals surface area contributed by atoms with Crippen molar-refractivity contribution in [2.24, 2.45) is 4.99 Å². The molecule has 3 heterocycles. The first-order valence-electron chi connectivity index (χ1n) is 10.9. The van der Waals surface area contributed by atoms with Crippen LogP contribution in [0.2, 0.25) is 0 Å². The number of benzene rings is 2. The Balaban J connectivity index is 1.38. The number of imidazole rings is 1. The number of aryl methyl sites for hydroxylation is 1. The van der Waals surface area contributed by atoms with Gasteiger partial charge in [0.15, 0.2) is 5.78 Å². The van der Waals surface area contributed by atoms with Gasteiger partial charge in [-0.2, -0.15) is 0 Å². The van der Waals surface area contributed by atoms with E-state index in [2.05, 4.69) is 30.0 Å². The maximum absolute atomic E-state index is 12.9. The third-order valence-electron chi connectivity index (χ3n) is 5.59. The molecular formula is C25H18F3N5O3. The molecule has 5 rings (SSSR count). The standard InChI is InChI=1S/C25H18F3N5O3/c1-13-18-12-16(36-25(26,27)28)8-7-14(18)10-20(30-13)23(35)33-24-31-19-6-2-5-17(22(19)32-24)21(34)11-15-4-3-9-29-15/h2-3,5-10,12H,4,11H2,1H3,(H2,31,32,33,35). The summed E-state index contributed by atoms with van der Waals surface area (Å²) in [4.78, 5) is 41.5. The van der Waals surface area contributed by atoms with Crippen molar-refractivity contribution < 1.29 is 27.5 Å². The number of carbonyl (C=O) groups is 2. The maximum atomic E-state index is 12.9. The Morgan fingerprint density at radius 2 is 1.97 bits per heavy atom. The molecule has 8 nitrogen and oxygen atoms in total. The molecule has 2 aromatic heterocycles. The van der Waals surface area contributed by atoms with E-state index in [1.807, 2.05) is 6.08 Å². The van der Waals surface area contributed by atoms with Crippen LogP contribution < -0.4 is 10.1 Å². The predicted molar refractivity (Wildman–Crippen MR) is 127 cm³/mol. The molecule has 0 saturated carbocycles. The molecular weight excluding hydrogens is 475 g/mol. The van der Waals surface area contributed by atoms with Crippen LogP contribution in [0, 0.1) is 6.92 Å². The Labute approximate surface area is 201 Å². The molecule has 0 radical (unpaired) electrons. The van der Waals surface area contributed by atoms with E-state index in [1.54, 1.807) is 31.3 Å². The number of nitrogens with zero attached hydrogens (tertiary/aromatic N) is 3. The van der Waals surface area contributed by atoms with Crippen LogP contribution in [0.1, 0.15) is 39.4 Å². The summed E-state index contributed by atoms with van der Waals surface area (Å²) >= 11 is 0. The van der Waals surface area contributed by atoms with E-state index >= 15 is 0 Å². The Hall–Kier alpha value is -4.54. The fourth-order valence-corrected chi connectivity index (χ4v) is 3.99. The molecule has 1 amide bonds. The quantitative estimate of drug-likeness (QED) is 0.345. The minimum atomic E-state index is -4.81. The molecule has 182 valence electrons. The van der Waals surface area contributed by atoms with Crippen molar-refractivity contribution in [2.75, 3.05) is 5.32 Å². The molecule has 1 aliphatic rings. The summed E-state index contributed by atoms with van der Waals surface area (Å²) in [6.45, 7) is 1.58. The maximum Gasteiger partial charge on any atom is 0.573 e. The second-order valence-electron chi connectivity index (χ2n) is 8.15. The number of ether oxygens (including phenoxy) is 1. The van der Waals surface area contributed by atoms with Crippen molar-refractivity contribution in [3.8, 4) is 5.75 Å². The minimum Gasteiger partial charge on any atom is -0.406 e. The highest BCUT2D eigenvalue weighted by atomic mass is 19.4. The van der Waals surface area contributed by atoms with Crippen LogP contribution in [-0.2, 0) is 0 Å². The SMILES string of the molecule is Cc1nc(C(=O)Nc2nc3c(C(=O)CC4=NC=CC4)cccc3[nH]2)cc2ccc(OC(F)(F)F)cc12. The van der Waals surface area contributed by atoms with Crippen LogP contribution in [0.5, 0.6) is 5.75 Å². The van der Waals surface area contributed by atoms with Gasteiger partial charge in [-0.3, -0.25) is 19.9 Å². The number of alkyl halides is 3. The molecule has 2 N–H and O–H groups in total. The second-order valence-corrected chi connectivity index (χ2v) is 8.15. The van der Waals surface area contributed by atoms with E-state index in [-0.39, 0.29) is 29.6 Å². The molecule has 1 aliphatic heterocycles. The number of para-hydroxylation sites is 1. The van der Waals surface area contributed by atoms with Crippen LogP contribution in [0.15, 0.2) is 59.7 Å². The van der Waals surface area contributed by atoms with Crippen molar-refractivity contribution in [3.63, 3.8) is 0 Å². The number of Topliss-reactive ketones (excluding diaryl/α,β-unsaturated/α-hetero) is 1. The lowest BCUT2D eigenvalue weighted by atomic mass is 10.0. The number of aromatic amines is 1. The van der Waals surface area contributed by atoms with Gasteiger partial charge in [-0.1, -0.05) is 18.2 Å². The van der Waals surface area contributed by atoms with Gasteiger partial charge in [0.1, 0.15) is 17.0 Å². The summed E-state index contributed by atoms with van der Waals surface area (Å²) in [6.07, 6.45) is -0.449. The highest BCUT2D eigenvalue weighted by molar-refractivity contribution is 6.15. The summed E-state index contributed by atoms with van der Waals surface area (Å²) < 4.78 is 41.6.